The van der Waals surface area contributed by atoms with E-state index in [4.69, 9.17) is 0 Å². The molecule has 1 aromatic heterocycles. The molecule has 2 aliphatic rings. The van der Waals surface area contributed by atoms with Crippen LogP contribution in [-0.4, -0.2) is 16.7 Å². The molecule has 0 saturated carbocycles. The minimum absolute atomic E-state index is 0.0514. The lowest BCUT2D eigenvalue weighted by Crippen LogP contribution is -2.40. The van der Waals surface area contributed by atoms with Crippen molar-refractivity contribution < 1.29 is 9.59 Å². The number of nitrogens with zero attached hydrogens (tertiary/aromatic N) is 2. The van der Waals surface area contributed by atoms with Gasteiger partial charge in [-0.15, -0.1) is 0 Å². The Bertz CT molecular complexity index is 915. The number of Topliss-reactive ketones (excluding diaryl/α,β-unsaturated/α-hetero) is 1. The largest absolute Gasteiger partial charge is 0.294 e. The Hall–Kier alpha value is -2.75. The molecule has 0 fully saturated rings. The molecule has 0 radical (unpaired) electrons. The highest BCUT2D eigenvalue weighted by Crippen LogP contribution is 2.43. The van der Waals surface area contributed by atoms with E-state index in [0.717, 1.165) is 40.9 Å². The summed E-state index contributed by atoms with van der Waals surface area (Å²) in [5.74, 6) is 0.0405. The van der Waals surface area contributed by atoms with Crippen molar-refractivity contribution in [2.24, 2.45) is 0 Å². The molecule has 4 nitrogen and oxygen atoms in total. The fourth-order valence-electron chi connectivity index (χ4n) is 4.02. The zero-order valence-electron chi connectivity index (χ0n) is 15.2. The first-order chi connectivity index (χ1) is 12.6. The van der Waals surface area contributed by atoms with E-state index in [0.29, 0.717) is 12.8 Å². The van der Waals surface area contributed by atoms with Gasteiger partial charge in [0, 0.05) is 48.1 Å². The Morgan fingerprint density at radius 3 is 2.65 bits per heavy atom. The average Bonchev–Trinajstić information content (AvgIpc) is 2.64. The molecule has 1 aliphatic carbocycles. The van der Waals surface area contributed by atoms with Gasteiger partial charge in [0.15, 0.2) is 5.78 Å². The van der Waals surface area contributed by atoms with Crippen molar-refractivity contribution >= 4 is 17.4 Å². The molecular formula is C22H22N2O2. The van der Waals surface area contributed by atoms with E-state index < -0.39 is 0 Å². The predicted octanol–water partition coefficient (Wildman–Crippen LogP) is 4.23. The maximum absolute atomic E-state index is 13.1. The third kappa shape index (κ3) is 2.75. The lowest BCUT2D eigenvalue weighted by atomic mass is 9.77. The summed E-state index contributed by atoms with van der Waals surface area (Å²) in [6.07, 6.45) is 5.92. The second-order valence-electron chi connectivity index (χ2n) is 7.18. The topological polar surface area (TPSA) is 50.3 Å². The number of aromatic nitrogens is 1. The number of amides is 1. The van der Waals surface area contributed by atoms with Crippen molar-refractivity contribution in [2.45, 2.75) is 45.4 Å². The molecule has 2 aromatic rings. The zero-order chi connectivity index (χ0) is 18.3. The van der Waals surface area contributed by atoms with E-state index in [1.54, 1.807) is 17.3 Å². The van der Waals surface area contributed by atoms with Gasteiger partial charge in [-0.25, -0.2) is 0 Å². The van der Waals surface area contributed by atoms with Gasteiger partial charge >= 0.3 is 0 Å². The van der Waals surface area contributed by atoms with Crippen molar-refractivity contribution in [1.29, 1.82) is 0 Å². The number of carbonyl (C=O) groups is 2. The van der Waals surface area contributed by atoms with E-state index in [9.17, 15) is 9.59 Å². The molecule has 4 rings (SSSR count). The van der Waals surface area contributed by atoms with Crippen LogP contribution in [0.3, 0.4) is 0 Å². The highest BCUT2D eigenvalue weighted by molar-refractivity contribution is 6.07. The Morgan fingerprint density at radius 1 is 1.08 bits per heavy atom. The summed E-state index contributed by atoms with van der Waals surface area (Å²) in [7, 11) is 0. The Labute approximate surface area is 153 Å². The van der Waals surface area contributed by atoms with Crippen LogP contribution < -0.4 is 4.90 Å². The first kappa shape index (κ1) is 16.7. The van der Waals surface area contributed by atoms with Crippen LogP contribution in [0.1, 0.15) is 48.3 Å². The minimum Gasteiger partial charge on any atom is -0.294 e. The number of ketones is 1. The summed E-state index contributed by atoms with van der Waals surface area (Å²) in [6.45, 7) is 4.11. The fraction of sp³-hybridized carbons (Fsp3) is 0.318. The number of allylic oxidation sites excluding steroid dienone is 2. The van der Waals surface area contributed by atoms with Gasteiger partial charge in [-0.2, -0.15) is 0 Å². The number of hydrogen-bond acceptors (Lipinski definition) is 3. The van der Waals surface area contributed by atoms with Crippen molar-refractivity contribution in [1.82, 2.24) is 4.98 Å². The molecule has 0 saturated heterocycles. The normalized spacial score (nSPS) is 20.4. The minimum atomic E-state index is -0.179. The van der Waals surface area contributed by atoms with Crippen molar-refractivity contribution in [3.8, 4) is 0 Å². The number of rotatable bonds is 2. The van der Waals surface area contributed by atoms with Gasteiger partial charge in [-0.05, 0) is 61.6 Å². The van der Waals surface area contributed by atoms with Crippen molar-refractivity contribution in [3.05, 3.63) is 70.7 Å². The number of carbonyl (C=O) groups excluding carboxylic acids is 2. The average molecular weight is 346 g/mol. The summed E-state index contributed by atoms with van der Waals surface area (Å²) in [5, 5.41) is 0. The number of aryl methyl sites for hydroxylation is 2. The Kier molecular flexibility index (Phi) is 4.19. The number of pyridine rings is 1. The predicted molar refractivity (Wildman–Crippen MR) is 101 cm³/mol. The highest BCUT2D eigenvalue weighted by atomic mass is 16.2. The van der Waals surface area contributed by atoms with Gasteiger partial charge in [-0.1, -0.05) is 12.1 Å². The zero-order valence-corrected chi connectivity index (χ0v) is 15.2. The molecule has 0 spiro atoms. The first-order valence-corrected chi connectivity index (χ1v) is 9.12. The van der Waals surface area contributed by atoms with Gasteiger partial charge in [0.05, 0.1) is 0 Å². The molecular weight excluding hydrogens is 324 g/mol. The SMILES string of the molecule is Cc1ccc(N2C(=O)CC(c3cccnc3)C3=C2CCCC3=O)cc1C. The van der Waals surface area contributed by atoms with Gasteiger partial charge in [0.25, 0.3) is 0 Å². The van der Waals surface area contributed by atoms with Crippen molar-refractivity contribution in [2.75, 3.05) is 4.90 Å². The molecule has 0 N–H and O–H groups in total. The standard InChI is InChI=1S/C22H22N2O2/c1-14-8-9-17(11-15(14)2)24-19-6-3-7-20(25)22(19)18(12-21(24)26)16-5-4-10-23-13-16/h4-5,8-11,13,18H,3,6-7,12H2,1-2H3. The van der Waals surface area contributed by atoms with E-state index in [-0.39, 0.29) is 17.6 Å². The maximum atomic E-state index is 13.1. The highest BCUT2D eigenvalue weighted by Gasteiger charge is 2.39. The molecule has 1 atom stereocenters. The second-order valence-corrected chi connectivity index (χ2v) is 7.18. The molecule has 4 heteroatoms. The summed E-state index contributed by atoms with van der Waals surface area (Å²) >= 11 is 0. The van der Waals surface area contributed by atoms with E-state index in [1.807, 2.05) is 37.3 Å². The van der Waals surface area contributed by atoms with Crippen LogP contribution in [-0.2, 0) is 9.59 Å². The van der Waals surface area contributed by atoms with Crippen LogP contribution in [0.25, 0.3) is 0 Å². The van der Waals surface area contributed by atoms with E-state index in [1.165, 1.54) is 5.56 Å². The van der Waals surface area contributed by atoms with Crippen molar-refractivity contribution in [3.63, 3.8) is 0 Å². The monoisotopic (exact) mass is 346 g/mol. The summed E-state index contributed by atoms with van der Waals surface area (Å²) in [5.41, 5.74) is 5.85. The number of benzene rings is 1. The van der Waals surface area contributed by atoms with Gasteiger partial charge in [0.1, 0.15) is 0 Å². The molecule has 1 aromatic carbocycles. The maximum Gasteiger partial charge on any atom is 0.232 e. The summed E-state index contributed by atoms with van der Waals surface area (Å²) < 4.78 is 0. The lowest BCUT2D eigenvalue weighted by Gasteiger charge is -2.38. The first-order valence-electron chi connectivity index (χ1n) is 9.12. The van der Waals surface area contributed by atoms with E-state index >= 15 is 0 Å². The molecule has 26 heavy (non-hydrogen) atoms. The van der Waals surface area contributed by atoms with Crippen LogP contribution in [0, 0.1) is 13.8 Å². The second kappa shape index (κ2) is 6.52. The van der Waals surface area contributed by atoms with Crippen LogP contribution >= 0.6 is 0 Å². The Balaban J connectivity index is 1.86. The van der Waals surface area contributed by atoms with Crippen LogP contribution in [0.4, 0.5) is 5.69 Å². The molecule has 0 bridgehead atoms. The molecule has 2 heterocycles. The Morgan fingerprint density at radius 2 is 1.92 bits per heavy atom. The van der Waals surface area contributed by atoms with Crippen LogP contribution in [0.15, 0.2) is 54.0 Å². The number of anilines is 1. The third-order valence-electron chi connectivity index (χ3n) is 5.51. The lowest BCUT2D eigenvalue weighted by molar-refractivity contribution is -0.119. The third-order valence-corrected chi connectivity index (χ3v) is 5.51. The molecule has 1 aliphatic heterocycles. The van der Waals surface area contributed by atoms with E-state index in [2.05, 4.69) is 11.9 Å². The van der Waals surface area contributed by atoms with Crippen LogP contribution in [0.2, 0.25) is 0 Å². The van der Waals surface area contributed by atoms with Gasteiger partial charge in [0.2, 0.25) is 5.91 Å². The smallest absolute Gasteiger partial charge is 0.232 e. The van der Waals surface area contributed by atoms with Gasteiger partial charge < -0.3 is 0 Å². The molecule has 1 amide bonds. The van der Waals surface area contributed by atoms with Gasteiger partial charge in [-0.3, -0.25) is 19.5 Å². The summed E-state index contributed by atoms with van der Waals surface area (Å²) in [6, 6.07) is 9.89. The molecule has 132 valence electrons. The van der Waals surface area contributed by atoms with Crippen LogP contribution in [0.5, 0.6) is 0 Å². The molecule has 1 unspecified atom stereocenters. The number of hydrogen-bond donors (Lipinski definition) is 0. The quantitative estimate of drug-likeness (QED) is 0.818. The summed E-state index contributed by atoms with van der Waals surface area (Å²) in [4.78, 5) is 31.9. The fourth-order valence-corrected chi connectivity index (χ4v) is 4.02.